The molecule has 0 saturated heterocycles. The SMILES string of the molecule is O=c1[nH]c(/C(Cl)=C/c2cc(F)ccc2F)nc2scc(-c3cccs3)c12. The third-order valence-electron chi connectivity index (χ3n) is 3.70. The number of H-pyrrole nitrogens is 1. The first-order chi connectivity index (χ1) is 12.5. The van der Waals surface area contributed by atoms with Crippen molar-refractivity contribution >= 4 is 55.6 Å². The number of benzene rings is 1. The van der Waals surface area contributed by atoms with Crippen molar-refractivity contribution in [3.8, 4) is 10.4 Å². The molecule has 0 radical (unpaired) electrons. The second-order valence-electron chi connectivity index (χ2n) is 5.38. The fraction of sp³-hybridized carbons (Fsp3) is 0. The van der Waals surface area contributed by atoms with Gasteiger partial charge in [-0.05, 0) is 35.7 Å². The summed E-state index contributed by atoms with van der Waals surface area (Å²) in [6, 6.07) is 6.89. The molecule has 0 fully saturated rings. The zero-order chi connectivity index (χ0) is 18.3. The lowest BCUT2D eigenvalue weighted by atomic mass is 10.2. The number of nitrogens with one attached hydrogen (secondary N) is 1. The van der Waals surface area contributed by atoms with Crippen molar-refractivity contribution in [1.82, 2.24) is 9.97 Å². The topological polar surface area (TPSA) is 45.8 Å². The third kappa shape index (κ3) is 3.09. The van der Waals surface area contributed by atoms with Crippen molar-refractivity contribution in [2.24, 2.45) is 0 Å². The lowest BCUT2D eigenvalue weighted by Gasteiger charge is -2.02. The zero-order valence-corrected chi connectivity index (χ0v) is 15.3. The van der Waals surface area contributed by atoms with Crippen LogP contribution in [0, 0.1) is 11.6 Å². The first-order valence-electron chi connectivity index (χ1n) is 7.41. The van der Waals surface area contributed by atoms with E-state index >= 15 is 0 Å². The van der Waals surface area contributed by atoms with Gasteiger partial charge in [0.2, 0.25) is 0 Å². The summed E-state index contributed by atoms with van der Waals surface area (Å²) >= 11 is 9.05. The minimum absolute atomic E-state index is 0.0135. The molecule has 0 unspecified atom stereocenters. The number of aromatic nitrogens is 2. The van der Waals surface area contributed by atoms with E-state index in [4.69, 9.17) is 11.6 Å². The molecule has 0 aliphatic carbocycles. The van der Waals surface area contributed by atoms with Gasteiger partial charge in [-0.2, -0.15) is 0 Å². The number of hydrogen-bond donors (Lipinski definition) is 1. The lowest BCUT2D eigenvalue weighted by Crippen LogP contribution is -2.10. The summed E-state index contributed by atoms with van der Waals surface area (Å²) in [5.74, 6) is -1.10. The standard InChI is InChI=1S/C18H9ClF2N2OS2/c19-12(7-9-6-10(20)3-4-13(9)21)16-22-17(24)15-11(8-26-18(15)23-16)14-2-1-5-25-14/h1-8H,(H,22,23,24)/b12-7-. The van der Waals surface area contributed by atoms with Gasteiger partial charge in [0.25, 0.3) is 5.56 Å². The maximum Gasteiger partial charge on any atom is 0.260 e. The van der Waals surface area contributed by atoms with Crippen LogP contribution in [0.25, 0.3) is 31.8 Å². The van der Waals surface area contributed by atoms with Gasteiger partial charge in [-0.1, -0.05) is 17.7 Å². The van der Waals surface area contributed by atoms with Crippen LogP contribution in [0.2, 0.25) is 0 Å². The lowest BCUT2D eigenvalue weighted by molar-refractivity contribution is 0.598. The highest BCUT2D eigenvalue weighted by Crippen LogP contribution is 2.34. The smallest absolute Gasteiger partial charge is 0.260 e. The molecule has 0 spiro atoms. The Labute approximate surface area is 159 Å². The van der Waals surface area contributed by atoms with Gasteiger partial charge in [0.15, 0.2) is 5.82 Å². The molecule has 1 aromatic carbocycles. The summed E-state index contributed by atoms with van der Waals surface area (Å²) < 4.78 is 27.1. The Kier molecular flexibility index (Phi) is 4.44. The van der Waals surface area contributed by atoms with Crippen LogP contribution >= 0.6 is 34.3 Å². The van der Waals surface area contributed by atoms with Gasteiger partial charge >= 0.3 is 0 Å². The number of thiophene rings is 2. The highest BCUT2D eigenvalue weighted by Gasteiger charge is 2.15. The Morgan fingerprint density at radius 2 is 2.08 bits per heavy atom. The summed E-state index contributed by atoms with van der Waals surface area (Å²) in [6.45, 7) is 0. The zero-order valence-electron chi connectivity index (χ0n) is 12.9. The number of nitrogens with zero attached hydrogens (tertiary/aromatic N) is 1. The van der Waals surface area contributed by atoms with Gasteiger partial charge in [-0.3, -0.25) is 4.79 Å². The number of halogens is 3. The minimum Gasteiger partial charge on any atom is -0.305 e. The van der Waals surface area contributed by atoms with E-state index in [2.05, 4.69) is 9.97 Å². The molecule has 0 atom stereocenters. The van der Waals surface area contributed by atoms with E-state index in [0.717, 1.165) is 28.6 Å². The van der Waals surface area contributed by atoms with E-state index < -0.39 is 11.6 Å². The first-order valence-corrected chi connectivity index (χ1v) is 9.54. The number of rotatable bonds is 3. The van der Waals surface area contributed by atoms with Crippen LogP contribution in [0.3, 0.4) is 0 Å². The monoisotopic (exact) mass is 406 g/mol. The van der Waals surface area contributed by atoms with Crippen LogP contribution in [0.5, 0.6) is 0 Å². The summed E-state index contributed by atoms with van der Waals surface area (Å²) in [5.41, 5.74) is 0.459. The van der Waals surface area contributed by atoms with Crippen LogP contribution in [-0.4, -0.2) is 9.97 Å². The van der Waals surface area contributed by atoms with Gasteiger partial charge in [0, 0.05) is 21.4 Å². The number of aromatic amines is 1. The van der Waals surface area contributed by atoms with E-state index in [1.807, 2.05) is 22.9 Å². The Morgan fingerprint density at radius 3 is 2.85 bits per heavy atom. The fourth-order valence-electron chi connectivity index (χ4n) is 2.51. The fourth-order valence-corrected chi connectivity index (χ4v) is 4.47. The van der Waals surface area contributed by atoms with Crippen LogP contribution in [0.4, 0.5) is 8.78 Å². The van der Waals surface area contributed by atoms with Crippen LogP contribution in [-0.2, 0) is 0 Å². The molecular formula is C18H9ClF2N2OS2. The highest BCUT2D eigenvalue weighted by atomic mass is 35.5. The number of hydrogen-bond acceptors (Lipinski definition) is 4. The molecule has 0 aliphatic heterocycles. The summed E-state index contributed by atoms with van der Waals surface area (Å²) in [5, 5.41) is 4.30. The van der Waals surface area contributed by atoms with Gasteiger partial charge in [-0.15, -0.1) is 22.7 Å². The van der Waals surface area contributed by atoms with Gasteiger partial charge in [0.1, 0.15) is 16.5 Å². The summed E-state index contributed by atoms with van der Waals surface area (Å²) in [7, 11) is 0. The van der Waals surface area contributed by atoms with Crippen molar-refractivity contribution in [2.45, 2.75) is 0 Å². The minimum atomic E-state index is -0.621. The molecule has 3 heterocycles. The summed E-state index contributed by atoms with van der Waals surface area (Å²) in [6.07, 6.45) is 1.23. The maximum absolute atomic E-state index is 13.8. The van der Waals surface area contributed by atoms with E-state index in [1.54, 1.807) is 0 Å². The van der Waals surface area contributed by atoms with E-state index in [9.17, 15) is 13.6 Å². The third-order valence-corrected chi connectivity index (χ3v) is 5.76. The number of fused-ring (bicyclic) bond motifs is 1. The predicted octanol–water partition coefficient (Wildman–Crippen LogP) is 5.73. The predicted molar refractivity (Wildman–Crippen MR) is 104 cm³/mol. The Balaban J connectivity index is 1.82. The Bertz CT molecular complexity index is 1200. The molecule has 3 nitrogen and oxygen atoms in total. The molecule has 0 aliphatic rings. The van der Waals surface area contributed by atoms with E-state index in [1.165, 1.54) is 28.7 Å². The molecule has 4 rings (SSSR count). The molecule has 8 heteroatoms. The van der Waals surface area contributed by atoms with Gasteiger partial charge in [-0.25, -0.2) is 13.8 Å². The van der Waals surface area contributed by atoms with E-state index in [0.29, 0.717) is 10.2 Å². The van der Waals surface area contributed by atoms with Crippen LogP contribution < -0.4 is 5.56 Å². The Morgan fingerprint density at radius 1 is 1.23 bits per heavy atom. The summed E-state index contributed by atoms with van der Waals surface area (Å²) in [4.78, 5) is 21.0. The van der Waals surface area contributed by atoms with Crippen molar-refractivity contribution < 1.29 is 8.78 Å². The van der Waals surface area contributed by atoms with Crippen molar-refractivity contribution in [3.63, 3.8) is 0 Å². The van der Waals surface area contributed by atoms with E-state index in [-0.39, 0.29) is 22.0 Å². The Hall–Kier alpha value is -2.35. The molecule has 3 aromatic heterocycles. The second-order valence-corrected chi connectivity index (χ2v) is 7.59. The molecule has 4 aromatic rings. The van der Waals surface area contributed by atoms with Gasteiger partial charge < -0.3 is 4.98 Å². The van der Waals surface area contributed by atoms with Crippen molar-refractivity contribution in [2.75, 3.05) is 0 Å². The van der Waals surface area contributed by atoms with Gasteiger partial charge in [0.05, 0.1) is 10.4 Å². The molecule has 0 saturated carbocycles. The average molecular weight is 407 g/mol. The largest absolute Gasteiger partial charge is 0.305 e. The van der Waals surface area contributed by atoms with Crippen LogP contribution in [0.15, 0.2) is 45.9 Å². The molecule has 1 N–H and O–H groups in total. The molecular weight excluding hydrogens is 398 g/mol. The molecule has 0 bridgehead atoms. The first kappa shape index (κ1) is 17.1. The second kappa shape index (κ2) is 6.75. The van der Waals surface area contributed by atoms with Crippen molar-refractivity contribution in [1.29, 1.82) is 0 Å². The molecule has 130 valence electrons. The molecule has 0 amide bonds. The van der Waals surface area contributed by atoms with Crippen LogP contribution in [0.1, 0.15) is 11.4 Å². The molecule has 26 heavy (non-hydrogen) atoms. The highest BCUT2D eigenvalue weighted by molar-refractivity contribution is 7.18. The normalized spacial score (nSPS) is 12.0. The quantitative estimate of drug-likeness (QED) is 0.472. The van der Waals surface area contributed by atoms with Crippen molar-refractivity contribution in [3.05, 3.63) is 74.5 Å². The average Bonchev–Trinajstić information content (AvgIpc) is 3.27. The maximum atomic E-state index is 13.8.